The van der Waals surface area contributed by atoms with Gasteiger partial charge in [0.1, 0.15) is 0 Å². The second-order valence-corrected chi connectivity index (χ2v) is 5.73. The van der Waals surface area contributed by atoms with Gasteiger partial charge in [-0.25, -0.2) is 0 Å². The lowest BCUT2D eigenvalue weighted by Crippen LogP contribution is -2.38. The highest BCUT2D eigenvalue weighted by Crippen LogP contribution is 2.25. The molecule has 0 heterocycles. The van der Waals surface area contributed by atoms with E-state index in [-0.39, 0.29) is 11.3 Å². The minimum absolute atomic E-state index is 0.138. The molecule has 1 aliphatic rings. The second kappa shape index (κ2) is 6.85. The van der Waals surface area contributed by atoms with Crippen LogP contribution < -0.4 is 0 Å². The molecule has 1 aromatic carbocycles. The molecule has 2 rings (SSSR count). The van der Waals surface area contributed by atoms with Gasteiger partial charge < -0.3 is 14.9 Å². The zero-order chi connectivity index (χ0) is 16.3. The molecule has 0 spiro atoms. The van der Waals surface area contributed by atoms with E-state index in [0.29, 0.717) is 12.6 Å². The number of aliphatic hydroxyl groups excluding tert-OH is 1. The second-order valence-electron chi connectivity index (χ2n) is 5.73. The predicted molar refractivity (Wildman–Crippen MR) is 81.3 cm³/mol. The zero-order valence-corrected chi connectivity index (χ0v) is 12.8. The van der Waals surface area contributed by atoms with Gasteiger partial charge in [-0.2, -0.15) is 0 Å². The molecule has 1 atom stereocenters. The minimum atomic E-state index is -1.38. The summed E-state index contributed by atoms with van der Waals surface area (Å²) >= 11 is 0. The van der Waals surface area contributed by atoms with Gasteiger partial charge in [-0.3, -0.25) is 14.9 Å². The van der Waals surface area contributed by atoms with Crippen LogP contribution in [-0.2, 0) is 4.79 Å². The first-order valence-corrected chi connectivity index (χ1v) is 7.27. The van der Waals surface area contributed by atoms with E-state index in [4.69, 9.17) is 0 Å². The van der Waals surface area contributed by atoms with Crippen molar-refractivity contribution < 1.29 is 14.8 Å². The van der Waals surface area contributed by atoms with Crippen molar-refractivity contribution in [2.75, 3.05) is 27.2 Å². The topological polar surface area (TPSA) is 86.9 Å². The van der Waals surface area contributed by atoms with Gasteiger partial charge in [0, 0.05) is 38.3 Å². The average molecular weight is 307 g/mol. The first kappa shape index (κ1) is 16.4. The summed E-state index contributed by atoms with van der Waals surface area (Å²) in [6, 6.07) is 6.15. The maximum atomic E-state index is 12.2. The maximum Gasteiger partial charge on any atom is 0.269 e. The van der Waals surface area contributed by atoms with Crippen LogP contribution >= 0.6 is 0 Å². The molecule has 7 nitrogen and oxygen atoms in total. The van der Waals surface area contributed by atoms with Crippen molar-refractivity contribution >= 4 is 11.6 Å². The summed E-state index contributed by atoms with van der Waals surface area (Å²) in [4.78, 5) is 26.1. The third-order valence-corrected chi connectivity index (χ3v) is 3.97. The molecule has 0 aliphatic heterocycles. The number of amides is 1. The summed E-state index contributed by atoms with van der Waals surface area (Å²) in [7, 11) is 3.65. The average Bonchev–Trinajstić information content (AvgIpc) is 3.35. The summed E-state index contributed by atoms with van der Waals surface area (Å²) in [5, 5.41) is 20.9. The van der Waals surface area contributed by atoms with Gasteiger partial charge in [0.15, 0.2) is 6.10 Å². The van der Waals surface area contributed by atoms with Crippen molar-refractivity contribution in [2.45, 2.75) is 25.0 Å². The Balaban J connectivity index is 1.95. The number of nitro benzene ring substituents is 1. The smallest absolute Gasteiger partial charge is 0.269 e. The molecule has 1 amide bonds. The van der Waals surface area contributed by atoms with Crippen molar-refractivity contribution in [2.24, 2.45) is 0 Å². The molecular formula is C15H21N3O4. The first-order chi connectivity index (χ1) is 10.4. The summed E-state index contributed by atoms with van der Waals surface area (Å²) in [5.41, 5.74) is 0.0991. The van der Waals surface area contributed by atoms with Gasteiger partial charge in [0.05, 0.1) is 4.92 Å². The Morgan fingerprint density at radius 2 is 2.09 bits per heavy atom. The van der Waals surface area contributed by atoms with Gasteiger partial charge >= 0.3 is 0 Å². The number of likely N-dealkylation sites (N-methyl/N-ethyl adjacent to an activating group) is 2. The zero-order valence-electron chi connectivity index (χ0n) is 12.8. The van der Waals surface area contributed by atoms with E-state index in [0.717, 1.165) is 6.54 Å². The fraction of sp³-hybridized carbons (Fsp3) is 0.533. The monoisotopic (exact) mass is 307 g/mol. The number of rotatable bonds is 7. The van der Waals surface area contributed by atoms with E-state index in [2.05, 4.69) is 4.90 Å². The van der Waals surface area contributed by atoms with Crippen molar-refractivity contribution in [3.8, 4) is 0 Å². The van der Waals surface area contributed by atoms with E-state index in [1.807, 2.05) is 7.05 Å². The van der Waals surface area contributed by atoms with Crippen LogP contribution in [0.25, 0.3) is 0 Å². The first-order valence-electron chi connectivity index (χ1n) is 7.27. The number of benzene rings is 1. The van der Waals surface area contributed by atoms with E-state index < -0.39 is 16.9 Å². The highest BCUT2D eigenvalue weighted by molar-refractivity contribution is 5.82. The summed E-state index contributed by atoms with van der Waals surface area (Å²) < 4.78 is 0. The predicted octanol–water partition coefficient (Wildman–Crippen LogP) is 1.18. The maximum absolute atomic E-state index is 12.2. The molecule has 1 unspecified atom stereocenters. The number of nitro groups is 1. The minimum Gasteiger partial charge on any atom is -0.378 e. The van der Waals surface area contributed by atoms with Gasteiger partial charge in [0.25, 0.3) is 11.6 Å². The standard InChI is InChI=1S/C15H21N3O4/c1-16(12-6-7-12)8-9-17(2)15(20)14(19)11-4-3-5-13(10-11)18(21)22/h3-5,10,12,14,19H,6-9H2,1-2H3. The molecule has 1 N–H and O–H groups in total. The number of hydrogen-bond donors (Lipinski definition) is 1. The van der Waals surface area contributed by atoms with Crippen LogP contribution in [0.4, 0.5) is 5.69 Å². The van der Waals surface area contributed by atoms with Crippen LogP contribution in [0.3, 0.4) is 0 Å². The van der Waals surface area contributed by atoms with E-state index in [9.17, 15) is 20.0 Å². The fourth-order valence-electron chi connectivity index (χ4n) is 2.28. The quantitative estimate of drug-likeness (QED) is 0.604. The highest BCUT2D eigenvalue weighted by Gasteiger charge is 2.27. The molecule has 1 aromatic rings. The SMILES string of the molecule is CN(CCN(C)C1CC1)C(=O)C(O)c1cccc([N+](=O)[O-])c1. The fourth-order valence-corrected chi connectivity index (χ4v) is 2.28. The van der Waals surface area contributed by atoms with Crippen LogP contribution in [0.1, 0.15) is 24.5 Å². The molecule has 0 bridgehead atoms. The molecule has 0 aromatic heterocycles. The van der Waals surface area contributed by atoms with Crippen LogP contribution in [-0.4, -0.2) is 59.0 Å². The molecule has 120 valence electrons. The van der Waals surface area contributed by atoms with Crippen LogP contribution in [0, 0.1) is 10.1 Å². The van der Waals surface area contributed by atoms with Crippen molar-refractivity contribution in [3.05, 3.63) is 39.9 Å². The molecule has 0 radical (unpaired) electrons. The third kappa shape index (κ3) is 4.02. The Hall–Kier alpha value is -1.99. The number of aliphatic hydroxyl groups is 1. The number of non-ortho nitro benzene ring substituents is 1. The number of hydrogen-bond acceptors (Lipinski definition) is 5. The van der Waals surface area contributed by atoms with Crippen molar-refractivity contribution in [3.63, 3.8) is 0 Å². The molecule has 1 saturated carbocycles. The van der Waals surface area contributed by atoms with Crippen LogP contribution in [0.15, 0.2) is 24.3 Å². The number of carbonyl (C=O) groups is 1. The van der Waals surface area contributed by atoms with E-state index in [1.54, 1.807) is 7.05 Å². The van der Waals surface area contributed by atoms with Crippen LogP contribution in [0.5, 0.6) is 0 Å². The molecular weight excluding hydrogens is 286 g/mol. The number of carbonyl (C=O) groups excluding carboxylic acids is 1. The highest BCUT2D eigenvalue weighted by atomic mass is 16.6. The number of nitrogens with zero attached hydrogens (tertiary/aromatic N) is 3. The normalized spacial score (nSPS) is 15.6. The molecule has 1 aliphatic carbocycles. The largest absolute Gasteiger partial charge is 0.378 e. The molecule has 22 heavy (non-hydrogen) atoms. The van der Waals surface area contributed by atoms with Crippen molar-refractivity contribution in [1.82, 2.24) is 9.80 Å². The third-order valence-electron chi connectivity index (χ3n) is 3.97. The lowest BCUT2D eigenvalue weighted by Gasteiger charge is -2.24. The van der Waals surface area contributed by atoms with Gasteiger partial charge in [-0.1, -0.05) is 12.1 Å². The summed E-state index contributed by atoms with van der Waals surface area (Å²) in [6.07, 6.45) is 1.02. The van der Waals surface area contributed by atoms with Gasteiger partial charge in [-0.05, 0) is 25.5 Å². The Morgan fingerprint density at radius 1 is 1.41 bits per heavy atom. The lowest BCUT2D eigenvalue weighted by molar-refractivity contribution is -0.385. The Kier molecular flexibility index (Phi) is 5.10. The Morgan fingerprint density at radius 3 is 2.68 bits per heavy atom. The molecule has 1 fully saturated rings. The van der Waals surface area contributed by atoms with Crippen LogP contribution in [0.2, 0.25) is 0 Å². The summed E-state index contributed by atoms with van der Waals surface area (Å²) in [6.45, 7) is 1.26. The van der Waals surface area contributed by atoms with Crippen molar-refractivity contribution in [1.29, 1.82) is 0 Å². The van der Waals surface area contributed by atoms with E-state index in [1.165, 1.54) is 42.0 Å². The van der Waals surface area contributed by atoms with Gasteiger partial charge in [0.2, 0.25) is 0 Å². The lowest BCUT2D eigenvalue weighted by atomic mass is 10.1. The Bertz CT molecular complexity index is 559. The van der Waals surface area contributed by atoms with Gasteiger partial charge in [-0.15, -0.1) is 0 Å². The van der Waals surface area contributed by atoms with E-state index >= 15 is 0 Å². The Labute approximate surface area is 129 Å². The summed E-state index contributed by atoms with van der Waals surface area (Å²) in [5.74, 6) is -0.454. The molecule has 7 heteroatoms. The molecule has 0 saturated heterocycles.